The van der Waals surface area contributed by atoms with Crippen molar-refractivity contribution in [3.05, 3.63) is 60.7 Å². The molecule has 2 rings (SSSR count). The highest BCUT2D eigenvalue weighted by atomic mass is 28.4. The number of Topliss-reactive ketones (excluding diaryl/α,β-unsaturated/α-hetero) is 1. The minimum Gasteiger partial charge on any atom is -0.407 e. The molecule has 0 spiro atoms. The molecule has 0 aliphatic heterocycles. The Bertz CT molecular complexity index is 601. The average Bonchev–Trinajstić information content (AvgIpc) is 2.60. The Hall–Kier alpha value is -1.75. The van der Waals surface area contributed by atoms with E-state index in [1.54, 1.807) is 6.92 Å². The van der Waals surface area contributed by atoms with E-state index in [0.717, 1.165) is 0 Å². The van der Waals surface area contributed by atoms with Crippen LogP contribution in [0, 0.1) is 5.92 Å². The molecule has 0 saturated carbocycles. The van der Waals surface area contributed by atoms with E-state index in [0.29, 0.717) is 6.61 Å². The zero-order valence-corrected chi connectivity index (χ0v) is 15.6. The maximum atomic E-state index is 12.1. The van der Waals surface area contributed by atoms with Crippen molar-refractivity contribution in [1.29, 1.82) is 0 Å². The van der Waals surface area contributed by atoms with Crippen molar-refractivity contribution in [3.63, 3.8) is 0 Å². The highest BCUT2D eigenvalue weighted by Gasteiger charge is 2.34. The molecule has 0 aromatic heterocycles. The van der Waals surface area contributed by atoms with E-state index in [1.165, 1.54) is 10.4 Å². The maximum Gasteiger partial charge on any atom is 0.252 e. The third-order valence-corrected chi connectivity index (χ3v) is 7.93. The van der Waals surface area contributed by atoms with Gasteiger partial charge in [-0.1, -0.05) is 67.6 Å². The van der Waals surface area contributed by atoms with Crippen LogP contribution in [-0.4, -0.2) is 31.9 Å². The van der Waals surface area contributed by atoms with Crippen molar-refractivity contribution in [3.8, 4) is 0 Å². The van der Waals surface area contributed by atoms with E-state index in [2.05, 4.69) is 30.8 Å². The zero-order valence-electron chi connectivity index (χ0n) is 14.6. The molecule has 0 bridgehead atoms. The second-order valence-corrected chi connectivity index (χ2v) is 10.0. The Kier molecular flexibility index (Phi) is 6.49. The summed E-state index contributed by atoms with van der Waals surface area (Å²) in [7, 11) is -2.36. The molecular weight excluding hydrogens is 316 g/mol. The molecule has 0 fully saturated rings. The van der Waals surface area contributed by atoms with Crippen LogP contribution in [0.5, 0.6) is 0 Å². The number of benzene rings is 2. The molecule has 0 radical (unpaired) electrons. The topological polar surface area (TPSA) is 46.5 Å². The predicted molar refractivity (Wildman–Crippen MR) is 100 cm³/mol. The molecule has 0 aliphatic rings. The lowest BCUT2D eigenvalue weighted by Gasteiger charge is -2.30. The number of hydrogen-bond donors (Lipinski definition) is 1. The van der Waals surface area contributed by atoms with Crippen LogP contribution in [0.1, 0.15) is 20.3 Å². The number of aliphatic hydroxyl groups excluding tert-OH is 1. The summed E-state index contributed by atoms with van der Waals surface area (Å²) in [5.41, 5.74) is 0. The first-order valence-corrected chi connectivity index (χ1v) is 10.8. The van der Waals surface area contributed by atoms with Gasteiger partial charge in [-0.15, -0.1) is 0 Å². The minimum atomic E-state index is -2.36. The molecule has 3 nitrogen and oxygen atoms in total. The van der Waals surface area contributed by atoms with E-state index in [9.17, 15) is 9.90 Å². The highest BCUT2D eigenvalue weighted by Crippen LogP contribution is 2.12. The van der Waals surface area contributed by atoms with Crippen molar-refractivity contribution in [1.82, 2.24) is 0 Å². The molecule has 0 saturated heterocycles. The summed E-state index contributed by atoms with van der Waals surface area (Å²) >= 11 is 0. The summed E-state index contributed by atoms with van der Waals surface area (Å²) in [5.74, 6) is -0.179. The predicted octanol–water partition coefficient (Wildman–Crippen LogP) is 2.37. The molecule has 2 aromatic rings. The van der Waals surface area contributed by atoms with Gasteiger partial charge in [0.1, 0.15) is 5.78 Å². The molecule has 0 aliphatic carbocycles. The molecule has 4 heteroatoms. The fraction of sp³-hybridized carbons (Fsp3) is 0.350. The fourth-order valence-electron chi connectivity index (χ4n) is 2.72. The molecule has 128 valence electrons. The first kappa shape index (κ1) is 18.6. The van der Waals surface area contributed by atoms with Gasteiger partial charge >= 0.3 is 0 Å². The first-order valence-electron chi connectivity index (χ1n) is 8.39. The van der Waals surface area contributed by atoms with Crippen LogP contribution in [0.25, 0.3) is 0 Å². The molecule has 0 amide bonds. The molecule has 0 heterocycles. The second-order valence-electron chi connectivity index (χ2n) is 6.50. The Morgan fingerprint density at radius 2 is 1.46 bits per heavy atom. The van der Waals surface area contributed by atoms with Crippen LogP contribution in [-0.2, 0) is 9.22 Å². The standard InChI is InChI=1S/C20H26O3Si/c1-16(20(22)14-17(2)21)15-23-24(3,18-10-6-4-7-11-18)19-12-8-5-9-13-19/h4-13,16-17,21H,14-15H2,1-3H3. The number of ketones is 1. The van der Waals surface area contributed by atoms with Gasteiger partial charge in [0.25, 0.3) is 8.32 Å². The van der Waals surface area contributed by atoms with Gasteiger partial charge < -0.3 is 9.53 Å². The minimum absolute atomic E-state index is 0.0440. The smallest absolute Gasteiger partial charge is 0.252 e. The molecule has 2 atom stereocenters. The first-order chi connectivity index (χ1) is 11.4. The van der Waals surface area contributed by atoms with Crippen molar-refractivity contribution in [2.24, 2.45) is 5.92 Å². The molecule has 24 heavy (non-hydrogen) atoms. The van der Waals surface area contributed by atoms with Gasteiger partial charge in [0.2, 0.25) is 0 Å². The Morgan fingerprint density at radius 3 is 1.88 bits per heavy atom. The van der Waals surface area contributed by atoms with Crippen molar-refractivity contribution < 1.29 is 14.3 Å². The van der Waals surface area contributed by atoms with Gasteiger partial charge in [0.05, 0.1) is 6.10 Å². The third-order valence-electron chi connectivity index (χ3n) is 4.32. The van der Waals surface area contributed by atoms with E-state index < -0.39 is 14.4 Å². The Balaban J connectivity index is 2.21. The van der Waals surface area contributed by atoms with E-state index in [4.69, 9.17) is 4.43 Å². The van der Waals surface area contributed by atoms with Gasteiger partial charge in [-0.25, -0.2) is 0 Å². The number of hydrogen-bond acceptors (Lipinski definition) is 3. The van der Waals surface area contributed by atoms with Crippen LogP contribution >= 0.6 is 0 Å². The van der Waals surface area contributed by atoms with Crippen LogP contribution in [0.2, 0.25) is 6.55 Å². The highest BCUT2D eigenvalue weighted by molar-refractivity contribution is 6.96. The Morgan fingerprint density at radius 1 is 1.00 bits per heavy atom. The molecular formula is C20H26O3Si. The molecule has 1 N–H and O–H groups in total. The third kappa shape index (κ3) is 4.63. The van der Waals surface area contributed by atoms with Gasteiger partial charge in [0, 0.05) is 18.9 Å². The summed E-state index contributed by atoms with van der Waals surface area (Å²) < 4.78 is 6.40. The van der Waals surface area contributed by atoms with Gasteiger partial charge in [-0.2, -0.15) is 0 Å². The summed E-state index contributed by atoms with van der Waals surface area (Å²) in [6.07, 6.45) is -0.425. The van der Waals surface area contributed by atoms with Crippen molar-refractivity contribution in [2.45, 2.75) is 32.9 Å². The fourth-order valence-corrected chi connectivity index (χ4v) is 5.63. The summed E-state index contributed by atoms with van der Waals surface area (Å²) in [6.45, 7) is 6.05. The van der Waals surface area contributed by atoms with Crippen molar-refractivity contribution in [2.75, 3.05) is 6.61 Å². The van der Waals surface area contributed by atoms with Gasteiger partial charge in [-0.05, 0) is 23.8 Å². The summed E-state index contributed by atoms with van der Waals surface area (Å²) in [4.78, 5) is 12.1. The number of carbonyl (C=O) groups is 1. The van der Waals surface area contributed by atoms with Crippen LogP contribution in [0.3, 0.4) is 0 Å². The largest absolute Gasteiger partial charge is 0.407 e. The lowest BCUT2D eigenvalue weighted by atomic mass is 10.0. The Labute approximate surface area is 145 Å². The zero-order chi connectivity index (χ0) is 17.6. The number of aliphatic hydroxyl groups is 1. The average molecular weight is 343 g/mol. The van der Waals surface area contributed by atoms with Gasteiger partial charge in [-0.3, -0.25) is 4.79 Å². The van der Waals surface area contributed by atoms with Gasteiger partial charge in [0.15, 0.2) is 0 Å². The SMILES string of the molecule is CC(O)CC(=O)C(C)CO[Si](C)(c1ccccc1)c1ccccc1. The number of rotatable bonds is 8. The van der Waals surface area contributed by atoms with E-state index >= 15 is 0 Å². The van der Waals surface area contributed by atoms with E-state index in [1.807, 2.05) is 43.3 Å². The molecule has 2 aromatic carbocycles. The lowest BCUT2D eigenvalue weighted by molar-refractivity contribution is -0.124. The van der Waals surface area contributed by atoms with Crippen molar-refractivity contribution >= 4 is 24.5 Å². The van der Waals surface area contributed by atoms with Crippen LogP contribution in [0.4, 0.5) is 0 Å². The monoisotopic (exact) mass is 342 g/mol. The van der Waals surface area contributed by atoms with E-state index in [-0.39, 0.29) is 18.1 Å². The quantitative estimate of drug-likeness (QED) is 0.749. The summed E-state index contributed by atoms with van der Waals surface area (Å²) in [5, 5.41) is 11.8. The number of carbonyl (C=O) groups excluding carboxylic acids is 1. The van der Waals surface area contributed by atoms with Crippen LogP contribution < -0.4 is 10.4 Å². The normalized spacial score (nSPS) is 14.2. The second kappa shape index (κ2) is 8.38. The molecule has 2 unspecified atom stereocenters. The van der Waals surface area contributed by atoms with Crippen LogP contribution in [0.15, 0.2) is 60.7 Å². The lowest BCUT2D eigenvalue weighted by Crippen LogP contribution is -2.58. The maximum absolute atomic E-state index is 12.1. The summed E-state index contributed by atoms with van der Waals surface area (Å²) in [6, 6.07) is 20.5.